The van der Waals surface area contributed by atoms with Crippen molar-refractivity contribution < 1.29 is 9.84 Å². The van der Waals surface area contributed by atoms with Crippen LogP contribution in [-0.4, -0.2) is 24.9 Å². The predicted molar refractivity (Wildman–Crippen MR) is 86.2 cm³/mol. The summed E-state index contributed by atoms with van der Waals surface area (Å²) < 4.78 is 4.94. The van der Waals surface area contributed by atoms with Gasteiger partial charge in [-0.2, -0.15) is 0 Å². The van der Waals surface area contributed by atoms with Gasteiger partial charge in [0.1, 0.15) is 0 Å². The van der Waals surface area contributed by atoms with Crippen LogP contribution in [0.3, 0.4) is 0 Å². The fourth-order valence-corrected chi connectivity index (χ4v) is 2.64. The van der Waals surface area contributed by atoms with Crippen LogP contribution >= 0.6 is 0 Å². The number of rotatable bonds is 5. The van der Waals surface area contributed by atoms with Gasteiger partial charge in [-0.05, 0) is 41.7 Å². The summed E-state index contributed by atoms with van der Waals surface area (Å²) in [5.74, 6) is 0. The van der Waals surface area contributed by atoms with Crippen molar-refractivity contribution in [1.29, 1.82) is 0 Å². The van der Waals surface area contributed by atoms with E-state index in [1.807, 2.05) is 12.1 Å². The van der Waals surface area contributed by atoms with Crippen molar-refractivity contribution in [2.24, 2.45) is 5.73 Å². The molecule has 2 rings (SSSR count). The number of benzene rings is 2. The van der Waals surface area contributed by atoms with E-state index in [2.05, 4.69) is 44.2 Å². The maximum Gasteiger partial charge on any atom is 0.0965 e. The van der Waals surface area contributed by atoms with Crippen molar-refractivity contribution >= 4 is 0 Å². The molecule has 2 aromatic carbocycles. The molecule has 0 amide bonds. The number of aliphatic hydroxyl groups is 1. The molecule has 0 bridgehead atoms. The Balaban J connectivity index is 2.27. The summed E-state index contributed by atoms with van der Waals surface area (Å²) in [4.78, 5) is 0. The van der Waals surface area contributed by atoms with Crippen LogP contribution in [0.25, 0.3) is 11.1 Å². The molecule has 2 aromatic rings. The van der Waals surface area contributed by atoms with Gasteiger partial charge in [-0.1, -0.05) is 42.5 Å². The number of hydrogen-bond donors (Lipinski definition) is 2. The first-order valence-corrected chi connectivity index (χ1v) is 7.13. The number of hydrogen-bond acceptors (Lipinski definition) is 3. The van der Waals surface area contributed by atoms with Crippen LogP contribution in [0.1, 0.15) is 22.7 Å². The van der Waals surface area contributed by atoms with Gasteiger partial charge >= 0.3 is 0 Å². The van der Waals surface area contributed by atoms with Crippen molar-refractivity contribution in [2.75, 3.05) is 13.7 Å². The van der Waals surface area contributed by atoms with E-state index in [-0.39, 0.29) is 6.61 Å². The lowest BCUT2D eigenvalue weighted by molar-refractivity contribution is 0.0477. The quantitative estimate of drug-likeness (QED) is 0.888. The van der Waals surface area contributed by atoms with Crippen LogP contribution in [-0.2, 0) is 4.74 Å². The molecule has 0 spiro atoms. The molecule has 0 heterocycles. The summed E-state index contributed by atoms with van der Waals surface area (Å²) in [6.45, 7) is 4.47. The van der Waals surface area contributed by atoms with Crippen molar-refractivity contribution in [2.45, 2.75) is 26.0 Å². The Morgan fingerprint density at radius 3 is 2.14 bits per heavy atom. The highest BCUT2D eigenvalue weighted by Crippen LogP contribution is 2.28. The molecule has 0 unspecified atom stereocenters. The highest BCUT2D eigenvalue weighted by molar-refractivity contribution is 5.70. The Hall–Kier alpha value is -1.68. The molecule has 0 saturated heterocycles. The van der Waals surface area contributed by atoms with E-state index in [0.29, 0.717) is 0 Å². The van der Waals surface area contributed by atoms with Gasteiger partial charge in [0.05, 0.1) is 18.8 Å². The van der Waals surface area contributed by atoms with Crippen molar-refractivity contribution in [1.82, 2.24) is 0 Å². The highest BCUT2D eigenvalue weighted by Gasteiger charge is 2.16. The van der Waals surface area contributed by atoms with Crippen molar-refractivity contribution in [3.63, 3.8) is 0 Å². The Kier molecular flexibility index (Phi) is 5.12. The lowest BCUT2D eigenvalue weighted by Crippen LogP contribution is -2.29. The maximum atomic E-state index is 9.90. The highest BCUT2D eigenvalue weighted by atomic mass is 16.5. The summed E-state index contributed by atoms with van der Waals surface area (Å²) in [5.41, 5.74) is 11.9. The molecule has 0 aliphatic rings. The van der Waals surface area contributed by atoms with Gasteiger partial charge in [0.15, 0.2) is 0 Å². The predicted octanol–water partition coefficient (Wildman–Crippen LogP) is 2.98. The van der Waals surface area contributed by atoms with Crippen LogP contribution in [0.4, 0.5) is 0 Å². The van der Waals surface area contributed by atoms with Gasteiger partial charge in [0, 0.05) is 7.11 Å². The van der Waals surface area contributed by atoms with Crippen molar-refractivity contribution in [3.05, 3.63) is 59.2 Å². The van der Waals surface area contributed by atoms with E-state index in [0.717, 1.165) is 5.56 Å². The van der Waals surface area contributed by atoms with Gasteiger partial charge in [-0.3, -0.25) is 0 Å². The van der Waals surface area contributed by atoms with E-state index in [4.69, 9.17) is 10.5 Å². The summed E-state index contributed by atoms with van der Waals surface area (Å²) in [6, 6.07) is 13.9. The third-order valence-corrected chi connectivity index (χ3v) is 3.82. The lowest BCUT2D eigenvalue weighted by Gasteiger charge is -2.19. The fourth-order valence-electron chi connectivity index (χ4n) is 2.64. The molecule has 0 aromatic heterocycles. The molecular formula is C18H23NO2. The first-order chi connectivity index (χ1) is 10.0. The first-order valence-electron chi connectivity index (χ1n) is 7.13. The zero-order valence-corrected chi connectivity index (χ0v) is 12.8. The average molecular weight is 285 g/mol. The smallest absolute Gasteiger partial charge is 0.0965 e. The molecular weight excluding hydrogens is 262 g/mol. The largest absolute Gasteiger partial charge is 0.389 e. The molecule has 2 atom stereocenters. The Labute approximate surface area is 126 Å². The minimum absolute atomic E-state index is 0.236. The second-order valence-electron chi connectivity index (χ2n) is 5.44. The minimum Gasteiger partial charge on any atom is -0.389 e. The van der Waals surface area contributed by atoms with E-state index < -0.39 is 12.1 Å². The summed E-state index contributed by atoms with van der Waals surface area (Å²) >= 11 is 0. The number of aryl methyl sites for hydroxylation is 2. The second kappa shape index (κ2) is 6.85. The molecule has 3 N–H and O–H groups in total. The molecule has 0 saturated carbocycles. The molecule has 3 heteroatoms. The maximum absolute atomic E-state index is 9.90. The number of ether oxygens (including phenoxy) is 1. The third kappa shape index (κ3) is 3.50. The van der Waals surface area contributed by atoms with Gasteiger partial charge in [-0.25, -0.2) is 0 Å². The average Bonchev–Trinajstić information content (AvgIpc) is 2.47. The van der Waals surface area contributed by atoms with Crippen LogP contribution < -0.4 is 5.73 Å². The molecule has 0 fully saturated rings. The Bertz CT molecular complexity index is 572. The van der Waals surface area contributed by atoms with Crippen molar-refractivity contribution in [3.8, 4) is 11.1 Å². The van der Waals surface area contributed by atoms with Crippen LogP contribution in [0.2, 0.25) is 0 Å². The topological polar surface area (TPSA) is 55.5 Å². The van der Waals surface area contributed by atoms with Crippen LogP contribution in [0, 0.1) is 13.8 Å². The van der Waals surface area contributed by atoms with Gasteiger partial charge in [-0.15, -0.1) is 0 Å². The third-order valence-electron chi connectivity index (χ3n) is 3.82. The van der Waals surface area contributed by atoms with E-state index in [9.17, 15) is 5.11 Å². The molecule has 0 aliphatic carbocycles. The SMILES string of the molecule is COC[C@H](O)[C@H](N)c1ccc(-c2c(C)cccc2C)cc1. The molecule has 0 radical (unpaired) electrons. The normalized spacial score (nSPS) is 14.0. The zero-order valence-electron chi connectivity index (χ0n) is 12.8. The van der Waals surface area contributed by atoms with Gasteiger partial charge in [0.2, 0.25) is 0 Å². The zero-order chi connectivity index (χ0) is 15.4. The molecule has 112 valence electrons. The first kappa shape index (κ1) is 15.7. The minimum atomic E-state index is -0.693. The Morgan fingerprint density at radius 1 is 1.05 bits per heavy atom. The van der Waals surface area contributed by atoms with E-state index >= 15 is 0 Å². The fraction of sp³-hybridized carbons (Fsp3) is 0.333. The molecule has 21 heavy (non-hydrogen) atoms. The van der Waals surface area contributed by atoms with Gasteiger partial charge in [0.25, 0.3) is 0 Å². The van der Waals surface area contributed by atoms with E-state index in [1.54, 1.807) is 7.11 Å². The second-order valence-corrected chi connectivity index (χ2v) is 5.44. The summed E-state index contributed by atoms with van der Waals surface area (Å²) in [5, 5.41) is 9.90. The number of aliphatic hydroxyl groups excluding tert-OH is 1. The standard InChI is InChI=1S/C18H23NO2/c1-12-5-4-6-13(2)17(12)14-7-9-15(10-8-14)18(19)16(20)11-21-3/h4-10,16,18,20H,11,19H2,1-3H3/t16-,18+/m0/s1. The Morgan fingerprint density at radius 2 is 1.62 bits per heavy atom. The summed E-state index contributed by atoms with van der Waals surface area (Å²) in [7, 11) is 1.56. The van der Waals surface area contributed by atoms with Crippen LogP contribution in [0.5, 0.6) is 0 Å². The number of nitrogens with two attached hydrogens (primary N) is 1. The molecule has 3 nitrogen and oxygen atoms in total. The summed E-state index contributed by atoms with van der Waals surface area (Å²) in [6.07, 6.45) is -0.693. The monoisotopic (exact) mass is 285 g/mol. The van der Waals surface area contributed by atoms with Gasteiger partial charge < -0.3 is 15.6 Å². The lowest BCUT2D eigenvalue weighted by atomic mass is 9.93. The number of methoxy groups -OCH3 is 1. The molecule has 0 aliphatic heterocycles. The van der Waals surface area contributed by atoms with Crippen LogP contribution in [0.15, 0.2) is 42.5 Å². The van der Waals surface area contributed by atoms with E-state index in [1.165, 1.54) is 22.3 Å².